The van der Waals surface area contributed by atoms with E-state index >= 15 is 0 Å². The average molecular weight is 460 g/mol. The van der Waals surface area contributed by atoms with Crippen LogP contribution in [0.3, 0.4) is 0 Å². The molecule has 0 aliphatic carbocycles. The SMILES string of the molecule is Cc1ccc(N2C(=O)C(Cl)=C(Nc3ccc(C(=O)N4CCOCC4)cc3)C2=O)cc1Cl. The minimum absolute atomic E-state index is 0.0318. The summed E-state index contributed by atoms with van der Waals surface area (Å²) in [4.78, 5) is 40.8. The fourth-order valence-corrected chi connectivity index (χ4v) is 3.74. The molecule has 0 aromatic heterocycles. The van der Waals surface area contributed by atoms with Gasteiger partial charge in [0.15, 0.2) is 0 Å². The van der Waals surface area contributed by atoms with E-state index in [1.54, 1.807) is 47.4 Å². The minimum Gasteiger partial charge on any atom is -0.378 e. The van der Waals surface area contributed by atoms with Crippen molar-refractivity contribution in [2.75, 3.05) is 36.5 Å². The van der Waals surface area contributed by atoms with Crippen LogP contribution in [0.15, 0.2) is 53.2 Å². The van der Waals surface area contributed by atoms with E-state index in [4.69, 9.17) is 27.9 Å². The maximum atomic E-state index is 12.9. The number of aryl methyl sites for hydroxylation is 1. The monoisotopic (exact) mass is 459 g/mol. The Kier molecular flexibility index (Phi) is 6.00. The molecule has 1 fully saturated rings. The third-order valence-corrected chi connectivity index (χ3v) is 5.90. The van der Waals surface area contributed by atoms with Crippen LogP contribution in [0.2, 0.25) is 5.02 Å². The lowest BCUT2D eigenvalue weighted by atomic mass is 10.1. The van der Waals surface area contributed by atoms with Gasteiger partial charge in [0.1, 0.15) is 10.7 Å². The van der Waals surface area contributed by atoms with Gasteiger partial charge >= 0.3 is 0 Å². The van der Waals surface area contributed by atoms with E-state index in [1.807, 2.05) is 6.92 Å². The Bertz CT molecular complexity index is 1090. The highest BCUT2D eigenvalue weighted by molar-refractivity contribution is 6.53. The molecule has 4 rings (SSSR count). The van der Waals surface area contributed by atoms with E-state index in [0.717, 1.165) is 10.5 Å². The van der Waals surface area contributed by atoms with Crippen molar-refractivity contribution in [3.8, 4) is 0 Å². The molecule has 0 atom stereocenters. The summed E-state index contributed by atoms with van der Waals surface area (Å²) < 4.78 is 5.27. The third kappa shape index (κ3) is 4.17. The van der Waals surface area contributed by atoms with Crippen LogP contribution in [0.1, 0.15) is 15.9 Å². The molecular formula is C22H19Cl2N3O4. The van der Waals surface area contributed by atoms with E-state index in [0.29, 0.717) is 48.3 Å². The first-order valence-corrected chi connectivity index (χ1v) is 10.4. The van der Waals surface area contributed by atoms with E-state index in [9.17, 15) is 14.4 Å². The molecule has 2 aromatic carbocycles. The van der Waals surface area contributed by atoms with Crippen molar-refractivity contribution < 1.29 is 19.1 Å². The third-order valence-electron chi connectivity index (χ3n) is 5.14. The van der Waals surface area contributed by atoms with Crippen LogP contribution in [0.25, 0.3) is 0 Å². The molecule has 9 heteroatoms. The summed E-state index contributed by atoms with van der Waals surface area (Å²) in [6.45, 7) is 3.98. The summed E-state index contributed by atoms with van der Waals surface area (Å²) in [5.74, 6) is -1.29. The lowest BCUT2D eigenvalue weighted by molar-refractivity contribution is -0.120. The molecule has 0 saturated carbocycles. The predicted octanol–water partition coefficient (Wildman–Crippen LogP) is 3.56. The van der Waals surface area contributed by atoms with Crippen LogP contribution >= 0.6 is 23.2 Å². The van der Waals surface area contributed by atoms with Gasteiger partial charge in [0.05, 0.1) is 18.9 Å². The number of halogens is 2. The number of carbonyl (C=O) groups excluding carboxylic acids is 3. The van der Waals surface area contributed by atoms with Crippen molar-refractivity contribution in [1.82, 2.24) is 4.90 Å². The van der Waals surface area contributed by atoms with Crippen molar-refractivity contribution in [2.45, 2.75) is 6.92 Å². The number of amides is 3. The Morgan fingerprint density at radius 1 is 1.00 bits per heavy atom. The number of carbonyl (C=O) groups is 3. The molecule has 1 saturated heterocycles. The van der Waals surface area contributed by atoms with Crippen molar-refractivity contribution in [2.24, 2.45) is 0 Å². The van der Waals surface area contributed by atoms with Crippen LogP contribution in [-0.2, 0) is 14.3 Å². The average Bonchev–Trinajstić information content (AvgIpc) is 2.99. The number of nitrogens with zero attached hydrogens (tertiary/aromatic N) is 2. The van der Waals surface area contributed by atoms with E-state index in [1.165, 1.54) is 0 Å². The predicted molar refractivity (Wildman–Crippen MR) is 118 cm³/mol. The Hall–Kier alpha value is -2.87. The highest BCUT2D eigenvalue weighted by Gasteiger charge is 2.39. The molecule has 2 heterocycles. The standard InChI is InChI=1S/C22H19Cl2N3O4/c1-13-2-7-16(12-17(13)23)27-21(29)18(24)19(22(27)30)25-15-5-3-14(4-6-15)20(28)26-8-10-31-11-9-26/h2-7,12,25H,8-11H2,1H3. The van der Waals surface area contributed by atoms with Crippen LogP contribution in [0, 0.1) is 6.92 Å². The first-order valence-electron chi connectivity index (χ1n) is 9.65. The lowest BCUT2D eigenvalue weighted by Gasteiger charge is -2.26. The number of morpholine rings is 1. The summed E-state index contributed by atoms with van der Waals surface area (Å²) in [5, 5.41) is 3.13. The Morgan fingerprint density at radius 2 is 1.68 bits per heavy atom. The first kappa shape index (κ1) is 21.4. The van der Waals surface area contributed by atoms with Gasteiger partial charge in [-0.05, 0) is 48.9 Å². The molecule has 2 aromatic rings. The molecule has 0 bridgehead atoms. The van der Waals surface area contributed by atoms with Gasteiger partial charge in [0.25, 0.3) is 17.7 Å². The minimum atomic E-state index is -0.631. The van der Waals surface area contributed by atoms with Gasteiger partial charge in [-0.25, -0.2) is 4.90 Å². The van der Waals surface area contributed by atoms with Crippen molar-refractivity contribution in [3.05, 3.63) is 69.3 Å². The summed E-state index contributed by atoms with van der Waals surface area (Å²) >= 11 is 12.3. The second-order valence-corrected chi connectivity index (χ2v) is 7.96. The molecular weight excluding hydrogens is 441 g/mol. The van der Waals surface area contributed by atoms with Gasteiger partial charge in [0, 0.05) is 29.4 Å². The number of hydrogen-bond donors (Lipinski definition) is 1. The summed E-state index contributed by atoms with van der Waals surface area (Å²) in [6, 6.07) is 11.5. The molecule has 160 valence electrons. The van der Waals surface area contributed by atoms with Gasteiger partial charge < -0.3 is 15.0 Å². The molecule has 0 unspecified atom stereocenters. The Balaban J connectivity index is 1.51. The number of anilines is 2. The lowest BCUT2D eigenvalue weighted by Crippen LogP contribution is -2.40. The quantitative estimate of drug-likeness (QED) is 0.707. The zero-order valence-electron chi connectivity index (χ0n) is 16.7. The number of rotatable bonds is 4. The summed E-state index contributed by atoms with van der Waals surface area (Å²) in [6.07, 6.45) is 0. The first-order chi connectivity index (χ1) is 14.9. The fourth-order valence-electron chi connectivity index (χ4n) is 3.36. The van der Waals surface area contributed by atoms with E-state index in [-0.39, 0.29) is 16.6 Å². The molecule has 2 aliphatic rings. The fraction of sp³-hybridized carbons (Fsp3) is 0.227. The van der Waals surface area contributed by atoms with Crippen molar-refractivity contribution in [1.29, 1.82) is 0 Å². The van der Waals surface area contributed by atoms with Crippen LogP contribution in [-0.4, -0.2) is 48.9 Å². The second-order valence-electron chi connectivity index (χ2n) is 7.18. The molecule has 2 aliphatic heterocycles. The number of imide groups is 1. The molecule has 7 nitrogen and oxygen atoms in total. The smallest absolute Gasteiger partial charge is 0.283 e. The van der Waals surface area contributed by atoms with E-state index in [2.05, 4.69) is 5.32 Å². The number of benzene rings is 2. The van der Waals surface area contributed by atoms with Crippen LogP contribution in [0.5, 0.6) is 0 Å². The van der Waals surface area contributed by atoms with Crippen molar-refractivity contribution in [3.63, 3.8) is 0 Å². The second kappa shape index (κ2) is 8.70. The number of hydrogen-bond acceptors (Lipinski definition) is 5. The molecule has 31 heavy (non-hydrogen) atoms. The van der Waals surface area contributed by atoms with Crippen LogP contribution < -0.4 is 10.2 Å². The topological polar surface area (TPSA) is 79.0 Å². The summed E-state index contributed by atoms with van der Waals surface area (Å²) in [7, 11) is 0. The molecule has 3 amide bonds. The van der Waals surface area contributed by atoms with Gasteiger partial charge in [-0.3, -0.25) is 14.4 Å². The normalized spacial score (nSPS) is 16.9. The Labute approximate surface area is 189 Å². The van der Waals surface area contributed by atoms with Gasteiger partial charge in [-0.1, -0.05) is 29.3 Å². The highest BCUT2D eigenvalue weighted by atomic mass is 35.5. The zero-order chi connectivity index (χ0) is 22.1. The maximum absolute atomic E-state index is 12.9. The van der Waals surface area contributed by atoms with Crippen LogP contribution in [0.4, 0.5) is 11.4 Å². The zero-order valence-corrected chi connectivity index (χ0v) is 18.2. The maximum Gasteiger partial charge on any atom is 0.283 e. The van der Waals surface area contributed by atoms with Gasteiger partial charge in [0.2, 0.25) is 0 Å². The number of nitrogens with one attached hydrogen (secondary N) is 1. The molecule has 1 N–H and O–H groups in total. The Morgan fingerprint density at radius 3 is 2.32 bits per heavy atom. The highest BCUT2D eigenvalue weighted by Crippen LogP contribution is 2.32. The van der Waals surface area contributed by atoms with E-state index < -0.39 is 11.8 Å². The number of ether oxygens (including phenoxy) is 1. The van der Waals surface area contributed by atoms with Gasteiger partial charge in [-0.2, -0.15) is 0 Å². The largest absolute Gasteiger partial charge is 0.378 e. The molecule has 0 radical (unpaired) electrons. The van der Waals surface area contributed by atoms with Gasteiger partial charge in [-0.15, -0.1) is 0 Å². The molecule has 0 spiro atoms. The summed E-state index contributed by atoms with van der Waals surface area (Å²) in [5.41, 5.74) is 2.19. The van der Waals surface area contributed by atoms with Crippen molar-refractivity contribution >= 4 is 52.3 Å².